The van der Waals surface area contributed by atoms with Gasteiger partial charge in [0.05, 0.1) is 6.04 Å². The monoisotopic (exact) mass is 462 g/mol. The normalized spacial score (nSPS) is 16.8. The van der Waals surface area contributed by atoms with Crippen molar-refractivity contribution < 1.29 is 9.53 Å². The van der Waals surface area contributed by atoms with E-state index in [1.165, 1.54) is 18.5 Å². The second-order valence-corrected chi connectivity index (χ2v) is 9.30. The van der Waals surface area contributed by atoms with Crippen molar-refractivity contribution in [1.29, 1.82) is 0 Å². The fourth-order valence-corrected chi connectivity index (χ4v) is 4.45. The van der Waals surface area contributed by atoms with E-state index in [2.05, 4.69) is 41.4 Å². The van der Waals surface area contributed by atoms with Crippen LogP contribution in [0.25, 0.3) is 0 Å². The summed E-state index contributed by atoms with van der Waals surface area (Å²) in [4.78, 5) is 15.3. The summed E-state index contributed by atoms with van der Waals surface area (Å²) in [6, 6.07) is 23.3. The van der Waals surface area contributed by atoms with Gasteiger partial charge in [-0.1, -0.05) is 54.9 Å². The zero-order valence-corrected chi connectivity index (χ0v) is 20.0. The predicted octanol–water partition coefficient (Wildman–Crippen LogP) is 6.65. The molecule has 3 aromatic rings. The van der Waals surface area contributed by atoms with E-state index in [0.717, 1.165) is 30.1 Å². The molecule has 1 heterocycles. The molecule has 4 rings (SSSR count). The van der Waals surface area contributed by atoms with Gasteiger partial charge in [-0.3, -0.25) is 4.79 Å². The van der Waals surface area contributed by atoms with Crippen molar-refractivity contribution >= 4 is 23.2 Å². The van der Waals surface area contributed by atoms with E-state index in [9.17, 15) is 4.79 Å². The Morgan fingerprint density at radius 3 is 2.67 bits per heavy atom. The first kappa shape index (κ1) is 23.2. The number of carbonyl (C=O) groups is 1. The van der Waals surface area contributed by atoms with Crippen LogP contribution in [0.15, 0.2) is 72.8 Å². The highest BCUT2D eigenvalue weighted by Gasteiger charge is 2.17. The van der Waals surface area contributed by atoms with Crippen molar-refractivity contribution in [2.24, 2.45) is 5.92 Å². The summed E-state index contributed by atoms with van der Waals surface area (Å²) in [6.07, 6.45) is 2.56. The molecular weight excluding hydrogens is 432 g/mol. The third-order valence-electron chi connectivity index (χ3n) is 6.21. The summed E-state index contributed by atoms with van der Waals surface area (Å²) >= 11 is 6.20. The molecule has 0 aliphatic carbocycles. The number of hydrogen-bond donors (Lipinski definition) is 1. The van der Waals surface area contributed by atoms with Crippen LogP contribution < -0.4 is 15.0 Å². The van der Waals surface area contributed by atoms with E-state index in [1.807, 2.05) is 43.3 Å². The lowest BCUT2D eigenvalue weighted by atomic mass is 9.99. The van der Waals surface area contributed by atoms with Crippen molar-refractivity contribution in [2.45, 2.75) is 39.3 Å². The van der Waals surface area contributed by atoms with Crippen LogP contribution in [0.4, 0.5) is 5.69 Å². The highest BCUT2D eigenvalue weighted by atomic mass is 35.5. The first-order valence-corrected chi connectivity index (χ1v) is 12.0. The maximum Gasteiger partial charge on any atom is 0.251 e. The van der Waals surface area contributed by atoms with Crippen LogP contribution in [-0.2, 0) is 6.61 Å². The lowest BCUT2D eigenvalue weighted by Crippen LogP contribution is -2.34. The topological polar surface area (TPSA) is 41.6 Å². The van der Waals surface area contributed by atoms with Gasteiger partial charge in [0, 0.05) is 34.9 Å². The molecule has 0 radical (unpaired) electrons. The molecule has 4 nitrogen and oxygen atoms in total. The molecule has 1 saturated heterocycles. The van der Waals surface area contributed by atoms with E-state index in [4.69, 9.17) is 16.3 Å². The summed E-state index contributed by atoms with van der Waals surface area (Å²) in [5.41, 5.74) is 3.82. The van der Waals surface area contributed by atoms with Crippen LogP contribution in [0.1, 0.15) is 54.2 Å². The van der Waals surface area contributed by atoms with Crippen molar-refractivity contribution in [2.75, 3.05) is 18.0 Å². The number of carbonyl (C=O) groups excluding carboxylic acids is 1. The number of rotatable bonds is 7. The molecule has 0 aromatic heterocycles. The lowest BCUT2D eigenvalue weighted by Gasteiger charge is -2.33. The summed E-state index contributed by atoms with van der Waals surface area (Å²) in [5.74, 6) is 1.25. The van der Waals surface area contributed by atoms with Crippen molar-refractivity contribution in [3.63, 3.8) is 0 Å². The van der Waals surface area contributed by atoms with E-state index in [0.29, 0.717) is 22.9 Å². The third-order valence-corrected chi connectivity index (χ3v) is 6.58. The fraction of sp³-hybridized carbons (Fsp3) is 0.321. The first-order chi connectivity index (χ1) is 16.0. The van der Waals surface area contributed by atoms with Gasteiger partial charge >= 0.3 is 0 Å². The van der Waals surface area contributed by atoms with Crippen LogP contribution in [0, 0.1) is 5.92 Å². The summed E-state index contributed by atoms with van der Waals surface area (Å²) in [6.45, 7) is 6.90. The van der Waals surface area contributed by atoms with Crippen LogP contribution in [0.3, 0.4) is 0 Å². The van der Waals surface area contributed by atoms with Gasteiger partial charge in [0.15, 0.2) is 0 Å². The van der Waals surface area contributed by atoms with Gasteiger partial charge in [0.25, 0.3) is 5.91 Å². The fourth-order valence-electron chi connectivity index (χ4n) is 4.26. The molecule has 2 unspecified atom stereocenters. The van der Waals surface area contributed by atoms with Crippen LogP contribution in [0.2, 0.25) is 5.02 Å². The Kier molecular flexibility index (Phi) is 7.56. The molecule has 3 aromatic carbocycles. The predicted molar refractivity (Wildman–Crippen MR) is 135 cm³/mol. The summed E-state index contributed by atoms with van der Waals surface area (Å²) in [5, 5.41) is 3.77. The summed E-state index contributed by atoms with van der Waals surface area (Å²) < 4.78 is 5.86. The number of halogens is 1. The molecule has 0 spiro atoms. The quantitative estimate of drug-likeness (QED) is 0.427. The first-order valence-electron chi connectivity index (χ1n) is 11.6. The van der Waals surface area contributed by atoms with Crippen molar-refractivity contribution in [3.8, 4) is 5.75 Å². The molecule has 172 valence electrons. The number of ether oxygens (including phenoxy) is 1. The minimum atomic E-state index is -0.125. The Bertz CT molecular complexity index is 1080. The largest absolute Gasteiger partial charge is 0.489 e. The number of anilines is 1. The van der Waals surface area contributed by atoms with Gasteiger partial charge in [-0.15, -0.1) is 0 Å². The highest BCUT2D eigenvalue weighted by molar-refractivity contribution is 6.31. The van der Waals surface area contributed by atoms with E-state index >= 15 is 0 Å². The Morgan fingerprint density at radius 1 is 1.12 bits per heavy atom. The molecule has 5 heteroatoms. The second-order valence-electron chi connectivity index (χ2n) is 8.89. The van der Waals surface area contributed by atoms with Crippen LogP contribution >= 0.6 is 11.6 Å². The Hall–Kier alpha value is -2.98. The minimum absolute atomic E-state index is 0.0977. The highest BCUT2D eigenvalue weighted by Crippen LogP contribution is 2.25. The average molecular weight is 463 g/mol. The van der Waals surface area contributed by atoms with Crippen molar-refractivity contribution in [3.05, 3.63) is 94.5 Å². The SMILES string of the molecule is CC1CCCN(c2ccc(C(C)NC(=O)c3cccc(OCc4ccccc4Cl)c3)cc2)C1. The zero-order valence-electron chi connectivity index (χ0n) is 19.3. The van der Waals surface area contributed by atoms with Gasteiger partial charge in [0.1, 0.15) is 12.4 Å². The second kappa shape index (κ2) is 10.8. The minimum Gasteiger partial charge on any atom is -0.489 e. The smallest absolute Gasteiger partial charge is 0.251 e. The van der Waals surface area contributed by atoms with Gasteiger partial charge < -0.3 is 15.0 Å². The number of piperidine rings is 1. The van der Waals surface area contributed by atoms with Gasteiger partial charge in [-0.05, 0) is 67.6 Å². The molecule has 1 aliphatic rings. The molecule has 1 amide bonds. The molecule has 2 atom stereocenters. The maximum absolute atomic E-state index is 12.9. The summed E-state index contributed by atoms with van der Waals surface area (Å²) in [7, 11) is 0. The molecule has 1 aliphatic heterocycles. The lowest BCUT2D eigenvalue weighted by molar-refractivity contribution is 0.0939. The molecule has 0 saturated carbocycles. The maximum atomic E-state index is 12.9. The van der Waals surface area contributed by atoms with E-state index in [1.54, 1.807) is 12.1 Å². The van der Waals surface area contributed by atoms with Gasteiger partial charge in [-0.25, -0.2) is 0 Å². The Labute approximate surface area is 201 Å². The molecule has 0 bridgehead atoms. The number of amides is 1. The van der Waals surface area contributed by atoms with Crippen LogP contribution in [0.5, 0.6) is 5.75 Å². The number of benzene rings is 3. The van der Waals surface area contributed by atoms with E-state index in [-0.39, 0.29) is 11.9 Å². The third kappa shape index (κ3) is 6.08. The Balaban J connectivity index is 1.35. The van der Waals surface area contributed by atoms with Crippen molar-refractivity contribution in [1.82, 2.24) is 5.32 Å². The molecule has 1 fully saturated rings. The van der Waals surface area contributed by atoms with Gasteiger partial charge in [0.2, 0.25) is 0 Å². The molecular formula is C28H31ClN2O2. The number of hydrogen-bond acceptors (Lipinski definition) is 3. The standard InChI is InChI=1S/C28H31ClN2O2/c1-20-7-6-16-31(18-20)25-14-12-22(13-15-25)21(2)30-28(32)23-9-5-10-26(17-23)33-19-24-8-3-4-11-27(24)29/h3-5,8-15,17,20-21H,6-7,16,18-19H2,1-2H3,(H,30,32). The average Bonchev–Trinajstić information content (AvgIpc) is 2.84. The Morgan fingerprint density at radius 2 is 1.91 bits per heavy atom. The number of nitrogens with zero attached hydrogens (tertiary/aromatic N) is 1. The van der Waals surface area contributed by atoms with E-state index < -0.39 is 0 Å². The molecule has 1 N–H and O–H groups in total. The zero-order chi connectivity index (χ0) is 23.2. The van der Waals surface area contributed by atoms with Gasteiger partial charge in [-0.2, -0.15) is 0 Å². The molecule has 33 heavy (non-hydrogen) atoms. The van der Waals surface area contributed by atoms with Crippen LogP contribution in [-0.4, -0.2) is 19.0 Å². The number of nitrogens with one attached hydrogen (secondary N) is 1.